The summed E-state index contributed by atoms with van der Waals surface area (Å²) in [5.41, 5.74) is 4.13. The Hall–Kier alpha value is -3.49. The monoisotopic (exact) mass is 492 g/mol. The van der Waals surface area contributed by atoms with Gasteiger partial charge in [0.25, 0.3) is 0 Å². The van der Waals surface area contributed by atoms with Crippen LogP contribution < -0.4 is 14.8 Å². The first kappa shape index (κ1) is 22.3. The fraction of sp³-hybridized carbons (Fsp3) is 0.160. The molecule has 0 saturated carbocycles. The van der Waals surface area contributed by atoms with Crippen LogP contribution in [0, 0.1) is 0 Å². The van der Waals surface area contributed by atoms with Crippen molar-refractivity contribution in [2.75, 3.05) is 11.9 Å². The predicted octanol–water partition coefficient (Wildman–Crippen LogP) is 6.09. The third kappa shape index (κ3) is 4.73. The maximum atomic E-state index is 10.1. The van der Waals surface area contributed by atoms with E-state index in [4.69, 9.17) is 21.1 Å². The van der Waals surface area contributed by atoms with Gasteiger partial charge in [-0.2, -0.15) is 4.98 Å². The number of ether oxygens (including phenoxy) is 2. The van der Waals surface area contributed by atoms with Gasteiger partial charge in [-0.05, 0) is 48.9 Å². The summed E-state index contributed by atoms with van der Waals surface area (Å²) in [4.78, 5) is 4.68. The summed E-state index contributed by atoms with van der Waals surface area (Å²) < 4.78 is 11.9. The first-order valence-corrected chi connectivity index (χ1v) is 12.1. The molecule has 0 unspecified atom stereocenters. The van der Waals surface area contributed by atoms with E-state index in [0.717, 1.165) is 22.4 Å². The van der Waals surface area contributed by atoms with Crippen molar-refractivity contribution in [2.45, 2.75) is 24.1 Å². The van der Waals surface area contributed by atoms with Gasteiger partial charge in [-0.1, -0.05) is 53.7 Å². The zero-order valence-corrected chi connectivity index (χ0v) is 19.8. The molecule has 0 bridgehead atoms. The fourth-order valence-electron chi connectivity index (χ4n) is 3.55. The average molecular weight is 493 g/mol. The van der Waals surface area contributed by atoms with E-state index in [9.17, 15) is 5.11 Å². The van der Waals surface area contributed by atoms with Gasteiger partial charge in [0.15, 0.2) is 23.4 Å². The minimum absolute atomic E-state index is 0.0740. The molecule has 2 heterocycles. The smallest absolute Gasteiger partial charge is 0.247 e. The van der Waals surface area contributed by atoms with E-state index in [2.05, 4.69) is 20.5 Å². The summed E-state index contributed by atoms with van der Waals surface area (Å²) in [6, 6.07) is 20.6. The molecule has 5 rings (SSSR count). The molecule has 0 amide bonds. The second-order valence-corrected chi connectivity index (χ2v) is 8.89. The largest absolute Gasteiger partial charge is 0.504 e. The summed E-state index contributed by atoms with van der Waals surface area (Å²) in [6.07, 6.45) is -0.576. The second kappa shape index (κ2) is 9.79. The lowest BCUT2D eigenvalue weighted by Crippen LogP contribution is -2.17. The van der Waals surface area contributed by atoms with Gasteiger partial charge in [-0.3, -0.25) is 0 Å². The first-order chi connectivity index (χ1) is 16.6. The molecule has 1 aromatic heterocycles. The lowest BCUT2D eigenvalue weighted by molar-refractivity contribution is 0.224. The zero-order chi connectivity index (χ0) is 23.5. The Morgan fingerprint density at radius 3 is 2.74 bits per heavy atom. The molecular formula is C25H21ClN4O3S. The Morgan fingerprint density at radius 2 is 1.91 bits per heavy atom. The second-order valence-electron chi connectivity index (χ2n) is 7.51. The number of hydrogen-bond donors (Lipinski definition) is 2. The number of halogens is 1. The molecular weight excluding hydrogens is 472 g/mol. The number of benzene rings is 3. The van der Waals surface area contributed by atoms with Gasteiger partial charge in [0.1, 0.15) is 0 Å². The normalized spacial score (nSPS) is 14.2. The highest BCUT2D eigenvalue weighted by Crippen LogP contribution is 2.40. The van der Waals surface area contributed by atoms with Crippen LogP contribution in [-0.4, -0.2) is 26.9 Å². The lowest BCUT2D eigenvalue weighted by atomic mass is 10.1. The maximum absolute atomic E-state index is 10.1. The van der Waals surface area contributed by atoms with Crippen LogP contribution in [0.15, 0.2) is 71.9 Å². The van der Waals surface area contributed by atoms with E-state index >= 15 is 0 Å². The van der Waals surface area contributed by atoms with Gasteiger partial charge in [0.05, 0.1) is 6.61 Å². The molecule has 4 aromatic rings. The number of fused-ring (bicyclic) bond motifs is 3. The van der Waals surface area contributed by atoms with Gasteiger partial charge in [-0.25, -0.2) is 0 Å². The van der Waals surface area contributed by atoms with Crippen LogP contribution >= 0.6 is 23.4 Å². The number of thioether (sulfide) groups is 1. The molecule has 2 N–H and O–H groups in total. The predicted molar refractivity (Wildman–Crippen MR) is 133 cm³/mol. The number of phenols is 1. The number of phenolic OH excluding ortho intramolecular Hbond substituents is 1. The van der Waals surface area contributed by atoms with Crippen molar-refractivity contribution in [2.24, 2.45) is 0 Å². The van der Waals surface area contributed by atoms with Gasteiger partial charge < -0.3 is 19.9 Å². The van der Waals surface area contributed by atoms with Crippen LogP contribution in [0.25, 0.3) is 11.3 Å². The average Bonchev–Trinajstić information content (AvgIpc) is 3.02. The molecule has 7 nitrogen and oxygen atoms in total. The molecule has 1 atom stereocenters. The Bertz CT molecular complexity index is 1320. The third-order valence-electron chi connectivity index (χ3n) is 5.20. The summed E-state index contributed by atoms with van der Waals surface area (Å²) in [5, 5.41) is 23.5. The van der Waals surface area contributed by atoms with Crippen molar-refractivity contribution in [3.63, 3.8) is 0 Å². The van der Waals surface area contributed by atoms with Gasteiger partial charge in [0.2, 0.25) is 11.0 Å². The van der Waals surface area contributed by atoms with Crippen LogP contribution in [0.2, 0.25) is 5.02 Å². The number of nitrogens with one attached hydrogen (secondary N) is 1. The van der Waals surface area contributed by atoms with Crippen LogP contribution in [0.4, 0.5) is 5.69 Å². The number of aromatic nitrogens is 3. The number of hydrogen-bond acceptors (Lipinski definition) is 8. The number of nitrogens with zero attached hydrogens (tertiary/aromatic N) is 3. The Balaban J connectivity index is 1.48. The summed E-state index contributed by atoms with van der Waals surface area (Å²) in [7, 11) is 0. The molecule has 9 heteroatoms. The number of anilines is 1. The maximum Gasteiger partial charge on any atom is 0.247 e. The number of para-hydroxylation sites is 1. The highest BCUT2D eigenvalue weighted by molar-refractivity contribution is 7.98. The quantitative estimate of drug-likeness (QED) is 0.312. The van der Waals surface area contributed by atoms with Crippen molar-refractivity contribution < 1.29 is 14.6 Å². The van der Waals surface area contributed by atoms with E-state index in [1.165, 1.54) is 11.8 Å². The summed E-state index contributed by atoms with van der Waals surface area (Å²) >= 11 is 7.45. The Kier molecular flexibility index (Phi) is 6.42. The third-order valence-corrected chi connectivity index (χ3v) is 6.36. The van der Waals surface area contributed by atoms with Crippen molar-refractivity contribution in [1.82, 2.24) is 15.2 Å². The minimum atomic E-state index is -0.576. The van der Waals surface area contributed by atoms with E-state index in [0.29, 0.717) is 39.9 Å². The van der Waals surface area contributed by atoms with E-state index < -0.39 is 6.23 Å². The molecule has 1 aliphatic heterocycles. The molecule has 1 aliphatic rings. The number of aromatic hydroxyl groups is 1. The molecule has 0 saturated heterocycles. The topological polar surface area (TPSA) is 89.4 Å². The van der Waals surface area contributed by atoms with E-state index in [1.807, 2.05) is 55.5 Å². The minimum Gasteiger partial charge on any atom is -0.504 e. The molecule has 172 valence electrons. The van der Waals surface area contributed by atoms with Crippen molar-refractivity contribution in [3.8, 4) is 28.6 Å². The van der Waals surface area contributed by atoms with E-state index in [1.54, 1.807) is 18.2 Å². The zero-order valence-electron chi connectivity index (χ0n) is 18.2. The summed E-state index contributed by atoms with van der Waals surface area (Å²) in [5.74, 6) is 1.51. The highest BCUT2D eigenvalue weighted by atomic mass is 35.5. The molecule has 0 aliphatic carbocycles. The molecule has 0 fully saturated rings. The fourth-order valence-corrected chi connectivity index (χ4v) is 4.41. The Morgan fingerprint density at radius 1 is 1.09 bits per heavy atom. The van der Waals surface area contributed by atoms with Crippen LogP contribution in [0.5, 0.6) is 17.4 Å². The Labute approximate surface area is 206 Å². The van der Waals surface area contributed by atoms with Gasteiger partial charge >= 0.3 is 0 Å². The highest BCUT2D eigenvalue weighted by Gasteiger charge is 2.26. The van der Waals surface area contributed by atoms with Crippen molar-refractivity contribution in [1.29, 1.82) is 0 Å². The molecule has 0 radical (unpaired) electrons. The number of rotatable bonds is 6. The standard InChI is InChI=1S/C25H21ClN4O3S/c1-2-32-21-13-16(9-12-20(21)31)23-27-19-6-4-3-5-18(19)22-24(33-23)28-25(30-29-22)34-14-15-7-10-17(26)11-8-15/h3-13,23,27,31H,2,14H2,1H3/t23-/m0/s1. The van der Waals surface area contributed by atoms with Crippen LogP contribution in [-0.2, 0) is 5.75 Å². The lowest BCUT2D eigenvalue weighted by Gasteiger charge is -2.20. The first-order valence-electron chi connectivity index (χ1n) is 10.7. The van der Waals surface area contributed by atoms with Crippen LogP contribution in [0.1, 0.15) is 24.3 Å². The van der Waals surface area contributed by atoms with E-state index in [-0.39, 0.29) is 5.75 Å². The van der Waals surface area contributed by atoms with Crippen molar-refractivity contribution >= 4 is 29.1 Å². The van der Waals surface area contributed by atoms with Crippen LogP contribution in [0.3, 0.4) is 0 Å². The SMILES string of the molecule is CCOc1cc([C@H]2Nc3ccccc3-c3nnc(SCc4ccc(Cl)cc4)nc3O2)ccc1O. The summed E-state index contributed by atoms with van der Waals surface area (Å²) in [6.45, 7) is 2.30. The van der Waals surface area contributed by atoms with Gasteiger partial charge in [0, 0.05) is 27.6 Å². The van der Waals surface area contributed by atoms with Crippen molar-refractivity contribution in [3.05, 3.63) is 82.9 Å². The molecule has 34 heavy (non-hydrogen) atoms. The van der Waals surface area contributed by atoms with Gasteiger partial charge in [-0.15, -0.1) is 10.2 Å². The molecule has 0 spiro atoms. The molecule has 3 aromatic carbocycles.